The second-order valence-electron chi connectivity index (χ2n) is 3.39. The summed E-state index contributed by atoms with van der Waals surface area (Å²) < 4.78 is 4.80. The molecule has 1 saturated heterocycles. The van der Waals surface area contributed by atoms with Crippen LogP contribution in [0.5, 0.6) is 0 Å². The summed E-state index contributed by atoms with van der Waals surface area (Å²) >= 11 is 0. The Morgan fingerprint density at radius 3 is 3.00 bits per heavy atom. The molecule has 1 amide bonds. The van der Waals surface area contributed by atoms with Gasteiger partial charge in [0.2, 0.25) is 5.91 Å². The van der Waals surface area contributed by atoms with Gasteiger partial charge in [-0.3, -0.25) is 9.59 Å². The molecule has 0 aromatic heterocycles. The van der Waals surface area contributed by atoms with Crippen molar-refractivity contribution in [1.29, 1.82) is 0 Å². The monoisotopic (exact) mass is 185 g/mol. The highest BCUT2D eigenvalue weighted by atomic mass is 16.5. The van der Waals surface area contributed by atoms with Crippen LogP contribution >= 0.6 is 0 Å². The zero-order valence-corrected chi connectivity index (χ0v) is 8.00. The Bertz CT molecular complexity index is 215. The van der Waals surface area contributed by atoms with Gasteiger partial charge in [0, 0.05) is 6.54 Å². The maximum absolute atomic E-state index is 11.3. The average molecular weight is 185 g/mol. The Balaban J connectivity index is 2.55. The van der Waals surface area contributed by atoms with Crippen LogP contribution in [0.2, 0.25) is 0 Å². The minimum absolute atomic E-state index is 0.198. The van der Waals surface area contributed by atoms with Crippen LogP contribution in [0.3, 0.4) is 0 Å². The van der Waals surface area contributed by atoms with Crippen LogP contribution in [0.4, 0.5) is 0 Å². The van der Waals surface area contributed by atoms with Crippen LogP contribution in [0.25, 0.3) is 0 Å². The lowest BCUT2D eigenvalue weighted by atomic mass is 9.91. The van der Waals surface area contributed by atoms with E-state index in [1.54, 1.807) is 6.92 Å². The van der Waals surface area contributed by atoms with E-state index in [1.165, 1.54) is 0 Å². The maximum Gasteiger partial charge on any atom is 0.318 e. The SMILES string of the molecule is CCOC(=O)[C@H]1C[C@H](C)CNC1=O. The number of esters is 1. The van der Waals surface area contributed by atoms with Gasteiger partial charge in [0.05, 0.1) is 6.61 Å². The van der Waals surface area contributed by atoms with Crippen molar-refractivity contribution < 1.29 is 14.3 Å². The molecular formula is C9H15NO3. The quantitative estimate of drug-likeness (QED) is 0.498. The van der Waals surface area contributed by atoms with Crippen molar-refractivity contribution in [2.45, 2.75) is 20.3 Å². The Labute approximate surface area is 77.6 Å². The van der Waals surface area contributed by atoms with Crippen molar-refractivity contribution >= 4 is 11.9 Å². The average Bonchev–Trinajstić information content (AvgIpc) is 2.09. The first-order valence-corrected chi connectivity index (χ1v) is 4.59. The zero-order valence-electron chi connectivity index (χ0n) is 8.00. The Morgan fingerprint density at radius 2 is 2.38 bits per heavy atom. The molecule has 1 aliphatic heterocycles. The first kappa shape index (κ1) is 10.0. The van der Waals surface area contributed by atoms with Gasteiger partial charge >= 0.3 is 5.97 Å². The molecule has 0 bridgehead atoms. The van der Waals surface area contributed by atoms with Crippen LogP contribution in [0.1, 0.15) is 20.3 Å². The molecule has 0 spiro atoms. The van der Waals surface area contributed by atoms with E-state index >= 15 is 0 Å². The first-order valence-electron chi connectivity index (χ1n) is 4.59. The molecule has 2 atom stereocenters. The Morgan fingerprint density at radius 1 is 1.69 bits per heavy atom. The van der Waals surface area contributed by atoms with E-state index in [0.29, 0.717) is 25.5 Å². The fourth-order valence-electron chi connectivity index (χ4n) is 1.44. The standard InChI is InChI=1S/C9H15NO3/c1-3-13-9(12)7-4-6(2)5-10-8(7)11/h6-7H,3-5H2,1-2H3,(H,10,11)/t6-,7-/m0/s1. The van der Waals surface area contributed by atoms with Crippen LogP contribution in [0.15, 0.2) is 0 Å². The number of hydrogen-bond acceptors (Lipinski definition) is 3. The minimum atomic E-state index is -0.594. The highest BCUT2D eigenvalue weighted by molar-refractivity contribution is 5.98. The molecule has 0 aromatic rings. The summed E-state index contributed by atoms with van der Waals surface area (Å²) in [5, 5.41) is 2.68. The molecule has 1 aliphatic rings. The minimum Gasteiger partial charge on any atom is -0.465 e. The van der Waals surface area contributed by atoms with E-state index in [9.17, 15) is 9.59 Å². The largest absolute Gasteiger partial charge is 0.465 e. The van der Waals surface area contributed by atoms with Crippen molar-refractivity contribution in [3.8, 4) is 0 Å². The summed E-state index contributed by atoms with van der Waals surface area (Å²) in [6.07, 6.45) is 0.602. The van der Waals surface area contributed by atoms with E-state index < -0.39 is 11.9 Å². The number of amides is 1. The van der Waals surface area contributed by atoms with Crippen molar-refractivity contribution in [3.05, 3.63) is 0 Å². The first-order chi connectivity index (χ1) is 6.15. The van der Waals surface area contributed by atoms with Crippen molar-refractivity contribution in [1.82, 2.24) is 5.32 Å². The van der Waals surface area contributed by atoms with E-state index in [0.717, 1.165) is 0 Å². The highest BCUT2D eigenvalue weighted by Crippen LogP contribution is 2.17. The number of piperidine rings is 1. The maximum atomic E-state index is 11.3. The molecule has 1 fully saturated rings. The van der Waals surface area contributed by atoms with Crippen LogP contribution < -0.4 is 5.32 Å². The molecule has 1 rings (SSSR count). The van der Waals surface area contributed by atoms with Crippen LogP contribution in [0, 0.1) is 11.8 Å². The van der Waals surface area contributed by atoms with Gasteiger partial charge in [-0.2, -0.15) is 0 Å². The second kappa shape index (κ2) is 4.25. The molecule has 0 saturated carbocycles. The third-order valence-electron chi connectivity index (χ3n) is 2.15. The van der Waals surface area contributed by atoms with Gasteiger partial charge in [-0.05, 0) is 19.3 Å². The predicted molar refractivity (Wildman–Crippen MR) is 46.9 cm³/mol. The molecule has 1 N–H and O–H groups in total. The number of carbonyl (C=O) groups excluding carboxylic acids is 2. The highest BCUT2D eigenvalue weighted by Gasteiger charge is 2.33. The number of hydrogen-bond donors (Lipinski definition) is 1. The van der Waals surface area contributed by atoms with E-state index in [-0.39, 0.29) is 5.91 Å². The van der Waals surface area contributed by atoms with Gasteiger partial charge in [0.25, 0.3) is 0 Å². The van der Waals surface area contributed by atoms with Gasteiger partial charge in [-0.1, -0.05) is 6.92 Å². The summed E-state index contributed by atoms with van der Waals surface area (Å²) in [7, 11) is 0. The van der Waals surface area contributed by atoms with Crippen molar-refractivity contribution in [3.63, 3.8) is 0 Å². The third-order valence-corrected chi connectivity index (χ3v) is 2.15. The second-order valence-corrected chi connectivity index (χ2v) is 3.39. The molecule has 13 heavy (non-hydrogen) atoms. The number of nitrogens with one attached hydrogen (secondary N) is 1. The molecule has 0 radical (unpaired) electrons. The van der Waals surface area contributed by atoms with E-state index in [1.807, 2.05) is 6.92 Å². The van der Waals surface area contributed by atoms with Crippen LogP contribution in [-0.4, -0.2) is 25.0 Å². The lowest BCUT2D eigenvalue weighted by molar-refractivity contribution is -0.154. The van der Waals surface area contributed by atoms with Gasteiger partial charge in [0.1, 0.15) is 5.92 Å². The molecule has 0 aromatic carbocycles. The fraction of sp³-hybridized carbons (Fsp3) is 0.778. The third kappa shape index (κ3) is 2.44. The van der Waals surface area contributed by atoms with E-state index in [2.05, 4.69) is 5.32 Å². The molecular weight excluding hydrogens is 170 g/mol. The van der Waals surface area contributed by atoms with Gasteiger partial charge in [-0.25, -0.2) is 0 Å². The summed E-state index contributed by atoms with van der Waals surface area (Å²) in [6, 6.07) is 0. The van der Waals surface area contributed by atoms with Gasteiger partial charge in [0.15, 0.2) is 0 Å². The summed E-state index contributed by atoms with van der Waals surface area (Å²) in [6.45, 7) is 4.74. The van der Waals surface area contributed by atoms with E-state index in [4.69, 9.17) is 4.74 Å². The summed E-state index contributed by atoms with van der Waals surface area (Å²) in [5.41, 5.74) is 0. The Kier molecular flexibility index (Phi) is 3.28. The predicted octanol–water partition coefficient (Wildman–Crippen LogP) is 0.322. The smallest absolute Gasteiger partial charge is 0.318 e. The number of carbonyl (C=O) groups is 2. The fourth-order valence-corrected chi connectivity index (χ4v) is 1.44. The zero-order chi connectivity index (χ0) is 9.84. The molecule has 74 valence electrons. The number of ether oxygens (including phenoxy) is 1. The van der Waals surface area contributed by atoms with Crippen molar-refractivity contribution in [2.24, 2.45) is 11.8 Å². The van der Waals surface area contributed by atoms with Gasteiger partial charge < -0.3 is 10.1 Å². The molecule has 4 heteroatoms. The molecule has 0 unspecified atom stereocenters. The van der Waals surface area contributed by atoms with Crippen LogP contribution in [-0.2, 0) is 14.3 Å². The lowest BCUT2D eigenvalue weighted by Crippen LogP contribution is -2.44. The molecule has 4 nitrogen and oxygen atoms in total. The van der Waals surface area contributed by atoms with Crippen molar-refractivity contribution in [2.75, 3.05) is 13.2 Å². The lowest BCUT2D eigenvalue weighted by Gasteiger charge is -2.25. The normalized spacial score (nSPS) is 28.0. The van der Waals surface area contributed by atoms with Gasteiger partial charge in [-0.15, -0.1) is 0 Å². The number of rotatable bonds is 2. The summed E-state index contributed by atoms with van der Waals surface area (Å²) in [4.78, 5) is 22.5. The Hall–Kier alpha value is -1.06. The molecule has 0 aliphatic carbocycles. The summed E-state index contributed by atoms with van der Waals surface area (Å²) in [5.74, 6) is -0.834. The molecule has 1 heterocycles. The topological polar surface area (TPSA) is 55.4 Å².